The Hall–Kier alpha value is -2.73. The van der Waals surface area contributed by atoms with E-state index in [4.69, 9.17) is 20.8 Å². The Labute approximate surface area is 142 Å². The van der Waals surface area contributed by atoms with Gasteiger partial charge < -0.3 is 9.15 Å². The number of benzene rings is 2. The van der Waals surface area contributed by atoms with E-state index >= 15 is 0 Å². The summed E-state index contributed by atoms with van der Waals surface area (Å²) in [5.41, 5.74) is 0.493. The molecule has 0 saturated carbocycles. The first-order chi connectivity index (χ1) is 11.5. The van der Waals surface area contributed by atoms with E-state index in [-0.39, 0.29) is 16.5 Å². The first-order valence-electron chi connectivity index (χ1n) is 7.09. The molecule has 0 aliphatic carbocycles. The van der Waals surface area contributed by atoms with Gasteiger partial charge in [-0.15, -0.1) is 10.2 Å². The van der Waals surface area contributed by atoms with E-state index in [0.717, 1.165) is 11.6 Å². The molecule has 0 fully saturated rings. The van der Waals surface area contributed by atoms with Crippen LogP contribution in [0.2, 0.25) is 5.02 Å². The van der Waals surface area contributed by atoms with Crippen molar-refractivity contribution in [3.05, 3.63) is 70.8 Å². The van der Waals surface area contributed by atoms with E-state index in [1.807, 2.05) is 30.3 Å². The van der Waals surface area contributed by atoms with Gasteiger partial charge in [-0.25, -0.2) is 9.18 Å². The second-order valence-electron chi connectivity index (χ2n) is 4.98. The molecule has 1 heterocycles. The summed E-state index contributed by atoms with van der Waals surface area (Å²) < 4.78 is 24.4. The number of esters is 1. The van der Waals surface area contributed by atoms with Crippen molar-refractivity contribution in [2.45, 2.75) is 13.0 Å². The van der Waals surface area contributed by atoms with Crippen LogP contribution in [0.25, 0.3) is 11.5 Å². The Balaban J connectivity index is 1.75. The predicted molar refractivity (Wildman–Crippen MR) is 85.0 cm³/mol. The molecule has 2 aromatic carbocycles. The summed E-state index contributed by atoms with van der Waals surface area (Å²) in [6.45, 7) is 1.56. The van der Waals surface area contributed by atoms with E-state index in [1.54, 1.807) is 6.92 Å². The molecule has 0 bridgehead atoms. The first kappa shape index (κ1) is 16.1. The van der Waals surface area contributed by atoms with E-state index in [1.165, 1.54) is 12.1 Å². The van der Waals surface area contributed by atoms with Gasteiger partial charge in [0.25, 0.3) is 5.89 Å². The number of carbonyl (C=O) groups is 1. The fraction of sp³-hybridized carbons (Fsp3) is 0.118. The van der Waals surface area contributed by atoms with Gasteiger partial charge in [-0.05, 0) is 37.3 Å². The number of carbonyl (C=O) groups excluding carboxylic acids is 1. The molecule has 5 nitrogen and oxygen atoms in total. The second kappa shape index (κ2) is 6.80. The van der Waals surface area contributed by atoms with Crippen LogP contribution >= 0.6 is 11.6 Å². The van der Waals surface area contributed by atoms with Crippen LogP contribution in [0.4, 0.5) is 4.39 Å². The van der Waals surface area contributed by atoms with Crippen LogP contribution < -0.4 is 0 Å². The van der Waals surface area contributed by atoms with Gasteiger partial charge in [0.2, 0.25) is 5.89 Å². The van der Waals surface area contributed by atoms with E-state index < -0.39 is 17.9 Å². The maximum absolute atomic E-state index is 13.7. The minimum Gasteiger partial charge on any atom is -0.449 e. The molecule has 7 heteroatoms. The van der Waals surface area contributed by atoms with Gasteiger partial charge in [0.05, 0.1) is 5.56 Å². The highest BCUT2D eigenvalue weighted by Gasteiger charge is 2.22. The summed E-state index contributed by atoms with van der Waals surface area (Å²) in [7, 11) is 0. The van der Waals surface area contributed by atoms with Crippen LogP contribution in [-0.4, -0.2) is 16.2 Å². The molecule has 122 valence electrons. The molecule has 0 radical (unpaired) electrons. The Morgan fingerprint density at radius 2 is 1.96 bits per heavy atom. The molecule has 1 atom stereocenters. The van der Waals surface area contributed by atoms with Crippen LogP contribution in [0.1, 0.15) is 29.3 Å². The van der Waals surface area contributed by atoms with Crippen LogP contribution in [0.5, 0.6) is 0 Å². The molecule has 24 heavy (non-hydrogen) atoms. The fourth-order valence-electron chi connectivity index (χ4n) is 2.02. The number of nitrogens with zero attached hydrogens (tertiary/aromatic N) is 2. The number of halogens is 2. The maximum Gasteiger partial charge on any atom is 0.341 e. The summed E-state index contributed by atoms with van der Waals surface area (Å²) in [5, 5.41) is 8.02. The highest BCUT2D eigenvalue weighted by atomic mass is 35.5. The molecule has 0 aliphatic rings. The third-order valence-electron chi connectivity index (χ3n) is 3.24. The largest absolute Gasteiger partial charge is 0.449 e. The van der Waals surface area contributed by atoms with Crippen molar-refractivity contribution in [1.29, 1.82) is 0 Å². The van der Waals surface area contributed by atoms with Gasteiger partial charge in [0, 0.05) is 10.6 Å². The topological polar surface area (TPSA) is 65.2 Å². The summed E-state index contributed by atoms with van der Waals surface area (Å²) >= 11 is 5.77. The van der Waals surface area contributed by atoms with Crippen molar-refractivity contribution in [2.75, 3.05) is 0 Å². The first-order valence-corrected chi connectivity index (χ1v) is 7.47. The highest BCUT2D eigenvalue weighted by Crippen LogP contribution is 2.24. The third kappa shape index (κ3) is 3.44. The van der Waals surface area contributed by atoms with Crippen molar-refractivity contribution < 1.29 is 18.3 Å². The molecule has 1 aromatic heterocycles. The average molecular weight is 347 g/mol. The zero-order chi connectivity index (χ0) is 17.1. The lowest BCUT2D eigenvalue weighted by Gasteiger charge is -2.10. The number of rotatable bonds is 4. The van der Waals surface area contributed by atoms with Crippen LogP contribution in [0.15, 0.2) is 52.9 Å². The molecule has 3 rings (SSSR count). The Morgan fingerprint density at radius 3 is 2.71 bits per heavy atom. The second-order valence-corrected chi connectivity index (χ2v) is 5.42. The summed E-state index contributed by atoms with van der Waals surface area (Å²) in [4.78, 5) is 12.1. The highest BCUT2D eigenvalue weighted by molar-refractivity contribution is 6.30. The standard InChI is InChI=1S/C17H12ClFN2O3/c1-10(23-17(22)13-9-12(18)7-8-14(13)19)15-20-21-16(24-15)11-5-3-2-4-6-11/h2-10H,1H3/t10-/m0/s1. The minimum absolute atomic E-state index is 0.115. The summed E-state index contributed by atoms with van der Waals surface area (Å²) in [5.74, 6) is -1.15. The third-order valence-corrected chi connectivity index (χ3v) is 3.48. The van der Waals surface area contributed by atoms with Gasteiger partial charge in [0.15, 0.2) is 6.10 Å². The summed E-state index contributed by atoms with van der Waals surface area (Å²) in [6.07, 6.45) is -0.833. The lowest BCUT2D eigenvalue weighted by atomic mass is 10.2. The zero-order valence-corrected chi connectivity index (χ0v) is 13.3. The predicted octanol–water partition coefficient (Wildman–Crippen LogP) is 4.45. The van der Waals surface area contributed by atoms with Crippen LogP contribution in [0, 0.1) is 5.82 Å². The van der Waals surface area contributed by atoms with Gasteiger partial charge >= 0.3 is 5.97 Å². The number of hydrogen-bond donors (Lipinski definition) is 0. The van der Waals surface area contributed by atoms with E-state index in [9.17, 15) is 9.18 Å². The number of aromatic nitrogens is 2. The van der Waals surface area contributed by atoms with Crippen LogP contribution in [0.3, 0.4) is 0 Å². The normalized spacial score (nSPS) is 12.0. The lowest BCUT2D eigenvalue weighted by molar-refractivity contribution is 0.0274. The smallest absolute Gasteiger partial charge is 0.341 e. The molecule has 3 aromatic rings. The Morgan fingerprint density at radius 1 is 1.21 bits per heavy atom. The molecule has 0 unspecified atom stereocenters. The van der Waals surface area contributed by atoms with Crippen molar-refractivity contribution in [2.24, 2.45) is 0 Å². The molecule has 0 N–H and O–H groups in total. The SMILES string of the molecule is C[C@H](OC(=O)c1cc(Cl)ccc1F)c1nnc(-c2ccccc2)o1. The number of ether oxygens (including phenoxy) is 1. The van der Waals surface area contributed by atoms with Crippen molar-refractivity contribution >= 4 is 17.6 Å². The monoisotopic (exact) mass is 346 g/mol. The zero-order valence-electron chi connectivity index (χ0n) is 12.6. The van der Waals surface area contributed by atoms with Gasteiger partial charge in [-0.1, -0.05) is 29.8 Å². The molecule has 0 amide bonds. The van der Waals surface area contributed by atoms with Crippen LogP contribution in [-0.2, 0) is 4.74 Å². The Bertz CT molecular complexity index is 867. The molecule has 0 saturated heterocycles. The van der Waals surface area contributed by atoms with Gasteiger partial charge in [-0.3, -0.25) is 0 Å². The maximum atomic E-state index is 13.7. The van der Waals surface area contributed by atoms with Crippen molar-refractivity contribution in [1.82, 2.24) is 10.2 Å². The lowest BCUT2D eigenvalue weighted by Crippen LogP contribution is -2.11. The van der Waals surface area contributed by atoms with Gasteiger partial charge in [0.1, 0.15) is 5.82 Å². The molecule has 0 spiro atoms. The quantitative estimate of drug-likeness (QED) is 0.653. The molecular weight excluding hydrogens is 335 g/mol. The summed E-state index contributed by atoms with van der Waals surface area (Å²) in [6, 6.07) is 12.8. The Kier molecular flexibility index (Phi) is 4.57. The van der Waals surface area contributed by atoms with Gasteiger partial charge in [-0.2, -0.15) is 0 Å². The fourth-order valence-corrected chi connectivity index (χ4v) is 2.20. The molecule has 0 aliphatic heterocycles. The number of hydrogen-bond acceptors (Lipinski definition) is 5. The van der Waals surface area contributed by atoms with E-state index in [2.05, 4.69) is 10.2 Å². The molecular formula is C17H12ClFN2O3. The van der Waals surface area contributed by atoms with E-state index in [0.29, 0.717) is 5.89 Å². The van der Waals surface area contributed by atoms with Crippen molar-refractivity contribution in [3.8, 4) is 11.5 Å². The van der Waals surface area contributed by atoms with Crippen molar-refractivity contribution in [3.63, 3.8) is 0 Å². The average Bonchev–Trinajstić information content (AvgIpc) is 3.08. The minimum atomic E-state index is -0.859.